The van der Waals surface area contributed by atoms with Gasteiger partial charge in [-0.25, -0.2) is 4.98 Å². The Bertz CT molecular complexity index is 1150. The highest BCUT2D eigenvalue weighted by Gasteiger charge is 2.26. The summed E-state index contributed by atoms with van der Waals surface area (Å²) in [7, 11) is 3.02. The zero-order valence-electron chi connectivity index (χ0n) is 18.5. The first-order chi connectivity index (χ1) is 15.4. The number of ether oxygens (including phenoxy) is 2. The van der Waals surface area contributed by atoms with E-state index < -0.39 is 0 Å². The normalized spacial score (nSPS) is 12.6. The Kier molecular flexibility index (Phi) is 6.14. The van der Waals surface area contributed by atoms with Gasteiger partial charge in [0.2, 0.25) is 5.91 Å². The highest BCUT2D eigenvalue weighted by Crippen LogP contribution is 2.35. The number of benzene rings is 2. The van der Waals surface area contributed by atoms with Crippen LogP contribution in [0.15, 0.2) is 41.8 Å². The number of fused-ring (bicyclic) bond motifs is 1. The molecule has 3 aromatic rings. The minimum Gasteiger partial charge on any atom is -0.496 e. The van der Waals surface area contributed by atoms with Crippen LogP contribution in [0.1, 0.15) is 29.8 Å². The first kappa shape index (κ1) is 21.8. The van der Waals surface area contributed by atoms with Crippen molar-refractivity contribution in [1.82, 2.24) is 4.98 Å². The van der Waals surface area contributed by atoms with Crippen molar-refractivity contribution >= 4 is 34.0 Å². The minimum atomic E-state index is -0.350. The molecule has 32 heavy (non-hydrogen) atoms. The summed E-state index contributed by atoms with van der Waals surface area (Å²) in [6, 6.07) is 11.2. The summed E-state index contributed by atoms with van der Waals surface area (Å²) in [6.07, 6.45) is 0.822. The Labute approximate surface area is 191 Å². The summed E-state index contributed by atoms with van der Waals surface area (Å²) in [5.74, 6) is 0.613. The molecule has 2 amide bonds. The van der Waals surface area contributed by atoms with E-state index in [0.29, 0.717) is 28.7 Å². The molecule has 0 spiro atoms. The molecule has 8 heteroatoms. The van der Waals surface area contributed by atoms with E-state index in [4.69, 9.17) is 9.47 Å². The van der Waals surface area contributed by atoms with Crippen LogP contribution in [0.5, 0.6) is 11.5 Å². The first-order valence-corrected chi connectivity index (χ1v) is 11.2. The van der Waals surface area contributed by atoms with Crippen molar-refractivity contribution in [3.63, 3.8) is 0 Å². The molecule has 2 aromatic carbocycles. The average molecular weight is 452 g/mol. The zero-order chi connectivity index (χ0) is 22.8. The van der Waals surface area contributed by atoms with Gasteiger partial charge < -0.3 is 14.4 Å². The number of carbonyl (C=O) groups excluding carboxylic acids is 2. The largest absolute Gasteiger partial charge is 0.496 e. The second-order valence-electron chi connectivity index (χ2n) is 7.77. The Morgan fingerprint density at radius 3 is 2.50 bits per heavy atom. The van der Waals surface area contributed by atoms with Crippen LogP contribution in [0, 0.1) is 5.92 Å². The van der Waals surface area contributed by atoms with Gasteiger partial charge in [-0.3, -0.25) is 14.9 Å². The summed E-state index contributed by atoms with van der Waals surface area (Å²) in [5, 5.41) is 5.23. The monoisotopic (exact) mass is 451 g/mol. The second kappa shape index (κ2) is 9.00. The molecule has 0 atom stereocenters. The second-order valence-corrected chi connectivity index (χ2v) is 8.63. The Balaban J connectivity index is 1.55. The van der Waals surface area contributed by atoms with Crippen molar-refractivity contribution in [3.8, 4) is 22.8 Å². The quantitative estimate of drug-likeness (QED) is 0.591. The number of thiazole rings is 1. The molecule has 4 rings (SSSR count). The molecule has 0 saturated carbocycles. The standard InChI is InChI=1S/C24H25N3O4S/c1-14(2)23(29)27-11-10-16-12-15(8-9-18(16)27)17-13-32-24(25-17)26-22(28)21-19(30-3)6-5-7-20(21)31-4/h5-9,12-14H,10-11H2,1-4H3,(H,25,26,28). The van der Waals surface area contributed by atoms with Crippen molar-refractivity contribution in [1.29, 1.82) is 0 Å². The third-order valence-corrected chi connectivity index (χ3v) is 6.17. The minimum absolute atomic E-state index is 0.0350. The summed E-state index contributed by atoms with van der Waals surface area (Å²) < 4.78 is 10.6. The first-order valence-electron chi connectivity index (χ1n) is 10.4. The van der Waals surface area contributed by atoms with Crippen LogP contribution in [0.25, 0.3) is 11.3 Å². The molecule has 0 saturated heterocycles. The fraction of sp³-hybridized carbons (Fsp3) is 0.292. The lowest BCUT2D eigenvalue weighted by Gasteiger charge is -2.19. The van der Waals surface area contributed by atoms with Crippen molar-refractivity contribution in [2.24, 2.45) is 5.92 Å². The lowest BCUT2D eigenvalue weighted by Crippen LogP contribution is -2.32. The molecule has 7 nitrogen and oxygen atoms in total. The van der Waals surface area contributed by atoms with Crippen LogP contribution in [0.2, 0.25) is 0 Å². The molecule has 0 bridgehead atoms. The average Bonchev–Trinajstić information content (AvgIpc) is 3.44. The van der Waals surface area contributed by atoms with Gasteiger partial charge in [0, 0.05) is 29.1 Å². The van der Waals surface area contributed by atoms with Crippen LogP contribution < -0.4 is 19.7 Å². The molecule has 166 valence electrons. The van der Waals surface area contributed by atoms with E-state index in [1.54, 1.807) is 18.2 Å². The molecule has 0 fully saturated rings. The Morgan fingerprint density at radius 2 is 1.84 bits per heavy atom. The number of nitrogens with one attached hydrogen (secondary N) is 1. The van der Waals surface area contributed by atoms with Gasteiger partial charge in [0.1, 0.15) is 17.1 Å². The Morgan fingerprint density at radius 1 is 1.12 bits per heavy atom. The van der Waals surface area contributed by atoms with Gasteiger partial charge in [-0.1, -0.05) is 26.0 Å². The summed E-state index contributed by atoms with van der Waals surface area (Å²) in [6.45, 7) is 4.54. The predicted molar refractivity (Wildman–Crippen MR) is 126 cm³/mol. The van der Waals surface area contributed by atoms with Gasteiger partial charge in [-0.2, -0.15) is 0 Å². The van der Waals surface area contributed by atoms with E-state index in [1.165, 1.54) is 25.6 Å². The number of methoxy groups -OCH3 is 2. The maximum Gasteiger partial charge on any atom is 0.265 e. The molecule has 2 heterocycles. The number of rotatable bonds is 6. The summed E-state index contributed by atoms with van der Waals surface area (Å²) >= 11 is 1.35. The van der Waals surface area contributed by atoms with E-state index in [9.17, 15) is 9.59 Å². The van der Waals surface area contributed by atoms with E-state index in [1.807, 2.05) is 36.3 Å². The molecule has 0 aliphatic carbocycles. The van der Waals surface area contributed by atoms with Gasteiger partial charge in [-0.05, 0) is 36.2 Å². The third-order valence-electron chi connectivity index (χ3n) is 5.41. The van der Waals surface area contributed by atoms with Gasteiger partial charge in [0.25, 0.3) is 5.91 Å². The molecular formula is C24H25N3O4S. The lowest BCUT2D eigenvalue weighted by atomic mass is 10.1. The molecule has 0 unspecified atom stereocenters. The van der Waals surface area contributed by atoms with E-state index >= 15 is 0 Å². The topological polar surface area (TPSA) is 80.8 Å². The lowest BCUT2D eigenvalue weighted by molar-refractivity contribution is -0.121. The van der Waals surface area contributed by atoms with Gasteiger partial charge in [0.15, 0.2) is 5.13 Å². The predicted octanol–water partition coefficient (Wildman–Crippen LogP) is 4.62. The van der Waals surface area contributed by atoms with E-state index in [0.717, 1.165) is 28.9 Å². The van der Waals surface area contributed by atoms with Crippen molar-refractivity contribution < 1.29 is 19.1 Å². The number of anilines is 2. The molecular weight excluding hydrogens is 426 g/mol. The molecule has 1 aliphatic heterocycles. The van der Waals surface area contributed by atoms with Crippen molar-refractivity contribution in [2.75, 3.05) is 31.0 Å². The van der Waals surface area contributed by atoms with Crippen LogP contribution in [-0.4, -0.2) is 37.6 Å². The Hall–Kier alpha value is -3.39. The van der Waals surface area contributed by atoms with Gasteiger partial charge in [0.05, 0.1) is 19.9 Å². The third kappa shape index (κ3) is 4.05. The molecule has 1 aromatic heterocycles. The maximum atomic E-state index is 12.9. The molecule has 1 aliphatic rings. The SMILES string of the molecule is COc1cccc(OC)c1C(=O)Nc1nc(-c2ccc3c(c2)CCN3C(=O)C(C)C)cs1. The van der Waals surface area contributed by atoms with Crippen LogP contribution in [0.4, 0.5) is 10.8 Å². The number of amides is 2. The number of nitrogens with zero attached hydrogens (tertiary/aromatic N) is 2. The highest BCUT2D eigenvalue weighted by atomic mass is 32.1. The zero-order valence-corrected chi connectivity index (χ0v) is 19.3. The number of carbonyl (C=O) groups is 2. The van der Waals surface area contributed by atoms with Gasteiger partial charge in [-0.15, -0.1) is 11.3 Å². The summed E-state index contributed by atoms with van der Waals surface area (Å²) in [5.41, 5.74) is 4.15. The maximum absolute atomic E-state index is 12.9. The fourth-order valence-corrected chi connectivity index (χ4v) is 4.51. The van der Waals surface area contributed by atoms with Crippen molar-refractivity contribution in [3.05, 3.63) is 52.9 Å². The number of hydrogen-bond donors (Lipinski definition) is 1. The van der Waals surface area contributed by atoms with E-state index in [2.05, 4.69) is 16.4 Å². The van der Waals surface area contributed by atoms with Crippen LogP contribution in [-0.2, 0) is 11.2 Å². The fourth-order valence-electron chi connectivity index (χ4n) is 3.80. The molecule has 1 N–H and O–H groups in total. The molecule has 0 radical (unpaired) electrons. The smallest absolute Gasteiger partial charge is 0.265 e. The number of aromatic nitrogens is 1. The highest BCUT2D eigenvalue weighted by molar-refractivity contribution is 7.14. The number of hydrogen-bond acceptors (Lipinski definition) is 6. The van der Waals surface area contributed by atoms with Gasteiger partial charge >= 0.3 is 0 Å². The summed E-state index contributed by atoms with van der Waals surface area (Å²) in [4.78, 5) is 31.8. The van der Waals surface area contributed by atoms with E-state index in [-0.39, 0.29) is 17.7 Å². The van der Waals surface area contributed by atoms with Crippen molar-refractivity contribution in [2.45, 2.75) is 20.3 Å². The van der Waals surface area contributed by atoms with Crippen LogP contribution >= 0.6 is 11.3 Å². The van der Waals surface area contributed by atoms with Crippen LogP contribution in [0.3, 0.4) is 0 Å².